The van der Waals surface area contributed by atoms with E-state index >= 15 is 0 Å². The summed E-state index contributed by atoms with van der Waals surface area (Å²) in [5.41, 5.74) is 1.90. The topological polar surface area (TPSA) is 79.4 Å². The van der Waals surface area contributed by atoms with Crippen LogP contribution in [0, 0.1) is 0 Å². The quantitative estimate of drug-likeness (QED) is 0.874. The van der Waals surface area contributed by atoms with Crippen molar-refractivity contribution in [2.75, 3.05) is 17.1 Å². The molecule has 0 bridgehead atoms. The lowest BCUT2D eigenvalue weighted by Crippen LogP contribution is -2.28. The van der Waals surface area contributed by atoms with E-state index in [4.69, 9.17) is 0 Å². The van der Waals surface area contributed by atoms with Crippen LogP contribution >= 0.6 is 0 Å². The van der Waals surface area contributed by atoms with Gasteiger partial charge in [-0.2, -0.15) is 0 Å². The van der Waals surface area contributed by atoms with Crippen LogP contribution in [0.1, 0.15) is 22.8 Å². The number of pyridine rings is 1. The molecule has 1 aromatic carbocycles. The van der Waals surface area contributed by atoms with Crippen molar-refractivity contribution in [3.8, 4) is 0 Å². The second-order valence-corrected chi connectivity index (χ2v) is 7.25. The van der Waals surface area contributed by atoms with E-state index in [9.17, 15) is 13.2 Å². The lowest BCUT2D eigenvalue weighted by molar-refractivity contribution is 0.0951. The Kier molecular flexibility index (Phi) is 5.33. The summed E-state index contributed by atoms with van der Waals surface area (Å²) in [4.78, 5) is 16.1. The fourth-order valence-electron chi connectivity index (χ4n) is 1.96. The fraction of sp³-hybridized carbons (Fsp3) is 0.250. The number of anilines is 1. The minimum atomic E-state index is -3.30. The smallest absolute Gasteiger partial charge is 0.251 e. The van der Waals surface area contributed by atoms with E-state index in [1.165, 1.54) is 11.4 Å². The molecule has 1 N–H and O–H groups in total. The fourth-order valence-corrected chi connectivity index (χ4v) is 2.79. The Balaban J connectivity index is 2.03. The molecule has 0 aliphatic heterocycles. The van der Waals surface area contributed by atoms with E-state index in [-0.39, 0.29) is 11.7 Å². The van der Waals surface area contributed by atoms with Gasteiger partial charge in [0.25, 0.3) is 5.91 Å². The molecule has 7 heteroatoms. The third-order valence-corrected chi connectivity index (χ3v) is 5.23. The van der Waals surface area contributed by atoms with Gasteiger partial charge in [-0.1, -0.05) is 6.07 Å². The van der Waals surface area contributed by atoms with Crippen molar-refractivity contribution in [2.45, 2.75) is 13.5 Å². The molecule has 0 saturated heterocycles. The zero-order chi connectivity index (χ0) is 16.9. The van der Waals surface area contributed by atoms with Gasteiger partial charge in [0.05, 0.1) is 11.4 Å². The molecule has 1 aromatic heterocycles. The van der Waals surface area contributed by atoms with Gasteiger partial charge in [-0.15, -0.1) is 0 Å². The monoisotopic (exact) mass is 333 g/mol. The highest BCUT2D eigenvalue weighted by Gasteiger charge is 2.16. The van der Waals surface area contributed by atoms with Gasteiger partial charge >= 0.3 is 0 Å². The number of nitrogens with one attached hydrogen (secondary N) is 1. The van der Waals surface area contributed by atoms with E-state index in [0.29, 0.717) is 17.8 Å². The van der Waals surface area contributed by atoms with E-state index in [2.05, 4.69) is 10.3 Å². The number of benzene rings is 1. The Bertz CT molecular complexity index is 759. The maximum atomic E-state index is 12.1. The molecule has 1 amide bonds. The summed E-state index contributed by atoms with van der Waals surface area (Å²) in [5, 5.41) is 2.79. The van der Waals surface area contributed by atoms with Gasteiger partial charge in [0.1, 0.15) is 0 Å². The molecule has 2 rings (SSSR count). The normalized spacial score (nSPS) is 11.0. The van der Waals surface area contributed by atoms with Gasteiger partial charge < -0.3 is 5.32 Å². The SMILES string of the molecule is CCS(=O)(=O)N(C)c1ccc(C(=O)NCc2cccnc2)cc1. The molecule has 0 saturated carbocycles. The maximum Gasteiger partial charge on any atom is 0.251 e. The first-order valence-electron chi connectivity index (χ1n) is 7.18. The number of hydrogen-bond acceptors (Lipinski definition) is 4. The van der Waals surface area contributed by atoms with Crippen LogP contribution in [0.3, 0.4) is 0 Å². The number of carbonyl (C=O) groups is 1. The van der Waals surface area contributed by atoms with Gasteiger partial charge in [0.2, 0.25) is 10.0 Å². The van der Waals surface area contributed by atoms with Crippen LogP contribution in [0.15, 0.2) is 48.8 Å². The first-order chi connectivity index (χ1) is 10.9. The average Bonchev–Trinajstić information content (AvgIpc) is 2.60. The molecular formula is C16H19N3O3S. The molecule has 1 heterocycles. The molecule has 122 valence electrons. The Labute approximate surface area is 136 Å². The number of nitrogens with zero attached hydrogens (tertiary/aromatic N) is 2. The van der Waals surface area contributed by atoms with Crippen molar-refractivity contribution in [3.63, 3.8) is 0 Å². The Morgan fingerprint density at radius 1 is 1.22 bits per heavy atom. The van der Waals surface area contributed by atoms with Crippen molar-refractivity contribution in [2.24, 2.45) is 0 Å². The molecule has 6 nitrogen and oxygen atoms in total. The number of hydrogen-bond donors (Lipinski definition) is 1. The van der Waals surface area contributed by atoms with E-state index in [0.717, 1.165) is 5.56 Å². The standard InChI is InChI=1S/C16H19N3O3S/c1-3-23(21,22)19(2)15-8-6-14(7-9-15)16(20)18-12-13-5-4-10-17-11-13/h4-11H,3,12H2,1-2H3,(H,18,20). The summed E-state index contributed by atoms with van der Waals surface area (Å²) >= 11 is 0. The maximum absolute atomic E-state index is 12.1. The van der Waals surface area contributed by atoms with Crippen LogP contribution in [0.4, 0.5) is 5.69 Å². The number of sulfonamides is 1. The van der Waals surface area contributed by atoms with Gasteiger partial charge in [0.15, 0.2) is 0 Å². The Hall–Kier alpha value is -2.41. The van der Waals surface area contributed by atoms with Crippen LogP contribution in [-0.4, -0.2) is 32.1 Å². The minimum absolute atomic E-state index is 0.0247. The first-order valence-corrected chi connectivity index (χ1v) is 8.78. The Morgan fingerprint density at radius 2 is 1.91 bits per heavy atom. The number of aromatic nitrogens is 1. The Morgan fingerprint density at radius 3 is 2.48 bits per heavy atom. The summed E-state index contributed by atoms with van der Waals surface area (Å²) < 4.78 is 24.8. The highest BCUT2D eigenvalue weighted by atomic mass is 32.2. The molecule has 0 aliphatic carbocycles. The largest absolute Gasteiger partial charge is 0.348 e. The van der Waals surface area contributed by atoms with Crippen LogP contribution in [0.25, 0.3) is 0 Å². The lowest BCUT2D eigenvalue weighted by atomic mass is 10.2. The predicted octanol–water partition coefficient (Wildman–Crippen LogP) is 1.80. The van der Waals surface area contributed by atoms with Gasteiger partial charge in [0, 0.05) is 31.5 Å². The number of carbonyl (C=O) groups excluding carboxylic acids is 1. The molecule has 0 unspecified atom stereocenters. The van der Waals surface area contributed by atoms with Gasteiger partial charge in [-0.3, -0.25) is 14.1 Å². The molecule has 2 aromatic rings. The van der Waals surface area contributed by atoms with Crippen LogP contribution in [0.5, 0.6) is 0 Å². The zero-order valence-electron chi connectivity index (χ0n) is 13.1. The van der Waals surface area contributed by atoms with Crippen LogP contribution in [0.2, 0.25) is 0 Å². The average molecular weight is 333 g/mol. The van der Waals surface area contributed by atoms with Crippen molar-refractivity contribution in [1.29, 1.82) is 0 Å². The molecular weight excluding hydrogens is 314 g/mol. The minimum Gasteiger partial charge on any atom is -0.348 e. The highest BCUT2D eigenvalue weighted by molar-refractivity contribution is 7.92. The zero-order valence-corrected chi connectivity index (χ0v) is 13.9. The van der Waals surface area contributed by atoms with Gasteiger partial charge in [-0.05, 0) is 42.8 Å². The summed E-state index contributed by atoms with van der Waals surface area (Å²) in [6, 6.07) is 10.1. The third-order valence-electron chi connectivity index (χ3n) is 3.45. The van der Waals surface area contributed by atoms with E-state index in [1.807, 2.05) is 6.07 Å². The summed E-state index contributed by atoms with van der Waals surface area (Å²) in [7, 11) is -1.81. The van der Waals surface area contributed by atoms with Crippen LogP contribution < -0.4 is 9.62 Å². The molecule has 0 radical (unpaired) electrons. The molecule has 23 heavy (non-hydrogen) atoms. The predicted molar refractivity (Wildman–Crippen MR) is 89.7 cm³/mol. The highest BCUT2D eigenvalue weighted by Crippen LogP contribution is 2.17. The molecule has 0 aliphatic rings. The second-order valence-electron chi connectivity index (χ2n) is 4.96. The van der Waals surface area contributed by atoms with Crippen LogP contribution in [-0.2, 0) is 16.6 Å². The molecule has 0 spiro atoms. The van der Waals surface area contributed by atoms with E-state index < -0.39 is 10.0 Å². The first kappa shape index (κ1) is 17.0. The molecule has 0 fully saturated rings. The third kappa shape index (κ3) is 4.29. The van der Waals surface area contributed by atoms with Crippen molar-refractivity contribution >= 4 is 21.6 Å². The number of amides is 1. The van der Waals surface area contributed by atoms with E-state index in [1.54, 1.807) is 49.6 Å². The van der Waals surface area contributed by atoms with Gasteiger partial charge in [-0.25, -0.2) is 8.42 Å². The van der Waals surface area contributed by atoms with Crippen molar-refractivity contribution < 1.29 is 13.2 Å². The summed E-state index contributed by atoms with van der Waals surface area (Å²) in [5.74, 6) is -0.196. The van der Waals surface area contributed by atoms with Crippen molar-refractivity contribution in [1.82, 2.24) is 10.3 Å². The lowest BCUT2D eigenvalue weighted by Gasteiger charge is -2.18. The second kappa shape index (κ2) is 7.23. The van der Waals surface area contributed by atoms with Crippen molar-refractivity contribution in [3.05, 3.63) is 59.9 Å². The molecule has 0 atom stereocenters. The number of rotatable bonds is 6. The summed E-state index contributed by atoms with van der Waals surface area (Å²) in [6.07, 6.45) is 3.36. The summed E-state index contributed by atoms with van der Waals surface area (Å²) in [6.45, 7) is 1.98.